The highest BCUT2D eigenvalue weighted by molar-refractivity contribution is 5.78. The zero-order valence-electron chi connectivity index (χ0n) is 63.6. The molecule has 8 N–H and O–H groups in total. The Morgan fingerprint density at radius 2 is 0.533 bits per heavy atom. The fraction of sp³-hybridized carbons (Fsp3) is 0.786. The van der Waals surface area contributed by atoms with Gasteiger partial charge < -0.3 is 109 Å². The Morgan fingerprint density at radius 1 is 0.308 bits per heavy atom. The normalized spacial score (nSPS) is 24.4. The van der Waals surface area contributed by atoms with Crippen molar-refractivity contribution < 1.29 is 143 Å². The van der Waals surface area contributed by atoms with Crippen molar-refractivity contribution in [3.63, 3.8) is 0 Å². The number of ether oxygens (including phenoxy) is 15. The van der Waals surface area contributed by atoms with Gasteiger partial charge in [-0.25, -0.2) is 0 Å². The van der Waals surface area contributed by atoms with Crippen LogP contribution in [0.5, 0.6) is 0 Å². The molecule has 37 heteroatoms. The highest BCUT2D eigenvalue weighted by Gasteiger charge is 2.54. The predicted molar refractivity (Wildman–Crippen MR) is 369 cm³/mol. The van der Waals surface area contributed by atoms with Gasteiger partial charge in [-0.15, -0.1) is 0 Å². The van der Waals surface area contributed by atoms with Crippen LogP contribution in [-0.4, -0.2) is 246 Å². The molecule has 3 aliphatic heterocycles. The molecule has 3 fully saturated rings. The lowest BCUT2D eigenvalue weighted by Gasteiger charge is -2.44. The lowest BCUT2D eigenvalue weighted by Crippen LogP contribution is -2.66. The van der Waals surface area contributed by atoms with Crippen molar-refractivity contribution in [3.8, 4) is 0 Å². The van der Waals surface area contributed by atoms with Gasteiger partial charge in [-0.1, -0.05) is 38.5 Å². The number of hydrogen-bond donors (Lipinski definition) is 7. The molecule has 0 bridgehead atoms. The number of carbonyl (C=O) groups is 15. The predicted octanol–water partition coefficient (Wildman–Crippen LogP) is 1.07. The van der Waals surface area contributed by atoms with Gasteiger partial charge in [0.05, 0.1) is 0 Å². The molecule has 3 heterocycles. The van der Waals surface area contributed by atoms with E-state index in [4.69, 9.17) is 76.8 Å². The van der Waals surface area contributed by atoms with Gasteiger partial charge in [0.1, 0.15) is 56.3 Å². The van der Waals surface area contributed by atoms with Crippen LogP contribution < -0.4 is 37.6 Å². The number of unbranched alkanes of at least 4 members (excludes halogenated alkanes) is 9. The summed E-state index contributed by atoms with van der Waals surface area (Å²) in [6, 6.07) is -3.36. The van der Waals surface area contributed by atoms with Crippen molar-refractivity contribution in [1.82, 2.24) is 31.9 Å². The Labute approximate surface area is 623 Å². The van der Waals surface area contributed by atoms with Gasteiger partial charge in [0.15, 0.2) is 55.5 Å². The van der Waals surface area contributed by atoms with E-state index in [1.54, 1.807) is 0 Å². The standard InChI is InChI=1S/C70H113N7O30/c1-40(78)75-58-64(102-49(10)87)61(99-46(7)84)52(37-96-43(4)81)105-67(58)93-34-22-16-13-19-31-72-55(90)25-28-70(71,29-26-56(91)73-32-20-14-17-23-35-94-68-59(76-41(2)79)65(103-50(11)88)62(100-47(8)85)53(106-68)38-97-44(5)82)30-27-57(92)74-33-21-15-18-24-36-95-69-60(77-42(3)80)66(104-51(12)89)63(101-48(9)86)54(107-69)39-98-45(6)83/h52-54,58-69H,13-39,71H2,1-12H3,(H,72,90)(H,73,91)(H,74,92)(H,75,78)(H,76,79)(H,77,80). The monoisotopic (exact) mass is 1530 g/mol. The first kappa shape index (κ1) is 93.0. The quantitative estimate of drug-likeness (QED) is 0.0254. The van der Waals surface area contributed by atoms with Gasteiger partial charge in [-0.05, 0) is 57.8 Å². The number of nitrogens with one attached hydrogen (secondary N) is 6. The third kappa shape index (κ3) is 37.9. The van der Waals surface area contributed by atoms with Crippen molar-refractivity contribution >= 4 is 89.2 Å². The van der Waals surface area contributed by atoms with E-state index in [0.717, 1.165) is 41.5 Å². The molecule has 6 amide bonds. The van der Waals surface area contributed by atoms with Crippen LogP contribution in [-0.2, 0) is 143 Å². The Morgan fingerprint density at radius 3 is 0.748 bits per heavy atom. The summed E-state index contributed by atoms with van der Waals surface area (Å²) in [7, 11) is 0. The second kappa shape index (κ2) is 49.7. The first-order chi connectivity index (χ1) is 50.6. The van der Waals surface area contributed by atoms with Crippen LogP contribution in [0.3, 0.4) is 0 Å². The smallest absolute Gasteiger partial charge is 0.303 e. The molecule has 608 valence electrons. The Balaban J connectivity index is 1.59. The summed E-state index contributed by atoms with van der Waals surface area (Å²) in [6.45, 7) is 14.2. The van der Waals surface area contributed by atoms with Crippen molar-refractivity contribution in [2.75, 3.05) is 59.3 Å². The van der Waals surface area contributed by atoms with Crippen LogP contribution in [0.15, 0.2) is 0 Å². The van der Waals surface area contributed by atoms with Gasteiger partial charge in [0.2, 0.25) is 35.4 Å². The molecule has 0 aromatic rings. The highest BCUT2D eigenvalue weighted by atomic mass is 16.7. The molecule has 37 nitrogen and oxygen atoms in total. The summed E-state index contributed by atoms with van der Waals surface area (Å²) < 4.78 is 84.7. The average Bonchev–Trinajstić information content (AvgIpc) is 0.800. The molecule has 15 atom stereocenters. The number of hydrogen-bond acceptors (Lipinski definition) is 31. The van der Waals surface area contributed by atoms with Crippen LogP contribution in [0.4, 0.5) is 0 Å². The number of nitrogens with two attached hydrogens (primary N) is 1. The van der Waals surface area contributed by atoms with Crippen LogP contribution in [0, 0.1) is 0 Å². The van der Waals surface area contributed by atoms with Crippen molar-refractivity contribution in [1.29, 1.82) is 0 Å². The van der Waals surface area contributed by atoms with Gasteiger partial charge in [0.25, 0.3) is 0 Å². The second-order valence-corrected chi connectivity index (χ2v) is 26.4. The van der Waals surface area contributed by atoms with Crippen molar-refractivity contribution in [2.45, 2.75) is 296 Å². The van der Waals surface area contributed by atoms with E-state index in [9.17, 15) is 71.9 Å². The minimum Gasteiger partial charge on any atom is -0.463 e. The zero-order chi connectivity index (χ0) is 79.8. The molecular weight excluding hydrogens is 1420 g/mol. The van der Waals surface area contributed by atoms with Gasteiger partial charge in [0, 0.05) is 147 Å². The maximum Gasteiger partial charge on any atom is 0.303 e. The number of amides is 6. The number of esters is 9. The topological polar surface area (TPSA) is 493 Å². The number of carbonyl (C=O) groups excluding carboxylic acids is 15. The molecule has 0 saturated carbocycles. The molecule has 3 rings (SSSR count). The van der Waals surface area contributed by atoms with Gasteiger partial charge >= 0.3 is 53.7 Å². The molecule has 15 unspecified atom stereocenters. The molecule has 3 aliphatic rings. The van der Waals surface area contributed by atoms with Gasteiger partial charge in [-0.3, -0.25) is 71.9 Å². The molecule has 0 aromatic carbocycles. The minimum atomic E-state index is -1.27. The van der Waals surface area contributed by atoms with E-state index >= 15 is 0 Å². The second-order valence-electron chi connectivity index (χ2n) is 26.4. The molecule has 107 heavy (non-hydrogen) atoms. The average molecular weight is 1530 g/mol. The fourth-order valence-corrected chi connectivity index (χ4v) is 12.1. The Kier molecular flexibility index (Phi) is 43.2. The molecule has 0 spiro atoms. The largest absolute Gasteiger partial charge is 0.463 e. The molecule has 0 radical (unpaired) electrons. The first-order valence-corrected chi connectivity index (χ1v) is 36.2. The summed E-state index contributed by atoms with van der Waals surface area (Å²) in [5.74, 6) is -8.87. The number of rotatable bonds is 48. The van der Waals surface area contributed by atoms with E-state index in [2.05, 4.69) is 31.9 Å². The van der Waals surface area contributed by atoms with Crippen molar-refractivity contribution in [3.05, 3.63) is 0 Å². The fourth-order valence-electron chi connectivity index (χ4n) is 12.1. The third-order valence-corrected chi connectivity index (χ3v) is 16.8. The molecule has 3 saturated heterocycles. The minimum absolute atomic E-state index is 0.0165. The lowest BCUT2D eigenvalue weighted by atomic mass is 9.84. The van der Waals surface area contributed by atoms with Crippen molar-refractivity contribution in [2.24, 2.45) is 5.73 Å². The Bertz CT molecular complexity index is 2620. The highest BCUT2D eigenvalue weighted by Crippen LogP contribution is 2.32. The first-order valence-electron chi connectivity index (χ1n) is 36.2. The van der Waals surface area contributed by atoms with Crippen LogP contribution in [0.1, 0.15) is 199 Å². The Hall–Kier alpha value is -8.23. The van der Waals surface area contributed by atoms with E-state index in [1.807, 2.05) is 0 Å². The van der Waals surface area contributed by atoms with Crippen LogP contribution in [0.25, 0.3) is 0 Å². The summed E-state index contributed by atoms with van der Waals surface area (Å²) in [5.41, 5.74) is 5.86. The van der Waals surface area contributed by atoms with E-state index < -0.39 is 169 Å². The molecule has 0 aromatic heterocycles. The van der Waals surface area contributed by atoms with E-state index in [1.165, 1.54) is 41.5 Å². The van der Waals surface area contributed by atoms with Gasteiger partial charge in [-0.2, -0.15) is 0 Å². The summed E-state index contributed by atoms with van der Waals surface area (Å²) in [6.07, 6.45) is -7.27. The van der Waals surface area contributed by atoms with E-state index in [0.29, 0.717) is 96.7 Å². The molecule has 0 aliphatic carbocycles. The summed E-state index contributed by atoms with van der Waals surface area (Å²) >= 11 is 0. The van der Waals surface area contributed by atoms with Crippen LogP contribution >= 0.6 is 0 Å². The van der Waals surface area contributed by atoms with Crippen LogP contribution in [0.2, 0.25) is 0 Å². The maximum atomic E-state index is 13.3. The SMILES string of the molecule is CC(=O)NC1C(OCCCCCCNC(=O)CCC(N)(CCC(=O)NCCCCCCOC2OC(COC(C)=O)C(OC(C)=O)C(OC(C)=O)C2NC(C)=O)CCC(=O)NCCCCCCOC2OC(COC(C)=O)C(OC(C)=O)C(OC(C)=O)C2NC(C)=O)OC(COC(C)=O)C(OC(C)=O)C1OC(C)=O. The van der Waals surface area contributed by atoms with E-state index in [-0.39, 0.29) is 95.9 Å². The lowest BCUT2D eigenvalue weighted by molar-refractivity contribution is -0.277. The third-order valence-electron chi connectivity index (χ3n) is 16.8. The maximum absolute atomic E-state index is 13.3. The molecular formula is C70H113N7O30. The summed E-state index contributed by atoms with van der Waals surface area (Å²) in [5, 5.41) is 16.7. The summed E-state index contributed by atoms with van der Waals surface area (Å²) in [4.78, 5) is 185. The zero-order valence-corrected chi connectivity index (χ0v) is 63.6.